The molecule has 0 spiro atoms. The molecule has 0 radical (unpaired) electrons. The van der Waals surface area contributed by atoms with Crippen molar-refractivity contribution < 1.29 is 9.59 Å². The van der Waals surface area contributed by atoms with E-state index in [1.165, 1.54) is 0 Å². The number of carbonyl (C=O) groups excluding carboxylic acids is 2. The lowest BCUT2D eigenvalue weighted by atomic mass is 10.2. The maximum absolute atomic E-state index is 12.0. The van der Waals surface area contributed by atoms with E-state index >= 15 is 0 Å². The van der Waals surface area contributed by atoms with E-state index in [4.69, 9.17) is 0 Å². The van der Waals surface area contributed by atoms with Crippen molar-refractivity contribution in [3.63, 3.8) is 0 Å². The predicted molar refractivity (Wildman–Crippen MR) is 79.9 cm³/mol. The summed E-state index contributed by atoms with van der Waals surface area (Å²) in [5.41, 5.74) is 0. The Balaban J connectivity index is 4.93. The molecule has 0 heterocycles. The lowest BCUT2D eigenvalue weighted by Gasteiger charge is -2.29. The number of carbonyl (C=O) groups is 2. The SMILES string of the molecule is CC(C)N(C(=O)N=NC(=O)N(C(C)C)C(C)C)C(C)C. The number of rotatable bonds is 4. The fraction of sp³-hybridized carbons (Fsp3) is 0.857. The van der Waals surface area contributed by atoms with E-state index in [0.717, 1.165) is 0 Å². The Bertz CT molecular complexity index is 312. The molecular weight excluding hydrogens is 256 g/mol. The third-order valence-electron chi connectivity index (χ3n) is 2.89. The highest BCUT2D eigenvalue weighted by molar-refractivity contribution is 5.80. The molecule has 116 valence electrons. The molecule has 0 unspecified atom stereocenters. The van der Waals surface area contributed by atoms with Gasteiger partial charge in [0.2, 0.25) is 0 Å². The Labute approximate surface area is 122 Å². The normalized spacial score (nSPS) is 12.0. The molecule has 0 atom stereocenters. The van der Waals surface area contributed by atoms with E-state index in [2.05, 4.69) is 10.2 Å². The van der Waals surface area contributed by atoms with E-state index in [-0.39, 0.29) is 24.2 Å². The van der Waals surface area contributed by atoms with Crippen LogP contribution in [0.15, 0.2) is 10.2 Å². The van der Waals surface area contributed by atoms with Crippen LogP contribution in [0.4, 0.5) is 9.59 Å². The number of urea groups is 2. The summed E-state index contributed by atoms with van der Waals surface area (Å²) in [6, 6.07) is -0.886. The molecular formula is C14H28N4O2. The Morgan fingerprint density at radius 3 is 0.950 bits per heavy atom. The molecule has 0 aromatic heterocycles. The van der Waals surface area contributed by atoms with Crippen LogP contribution in [0.1, 0.15) is 55.4 Å². The highest BCUT2D eigenvalue weighted by Crippen LogP contribution is 2.10. The van der Waals surface area contributed by atoms with Crippen molar-refractivity contribution in [2.75, 3.05) is 0 Å². The van der Waals surface area contributed by atoms with E-state index in [9.17, 15) is 9.59 Å². The Morgan fingerprint density at radius 2 is 0.800 bits per heavy atom. The first-order chi connectivity index (χ1) is 9.09. The van der Waals surface area contributed by atoms with Crippen molar-refractivity contribution in [3.05, 3.63) is 0 Å². The number of amides is 4. The Morgan fingerprint density at radius 1 is 0.600 bits per heavy atom. The van der Waals surface area contributed by atoms with Gasteiger partial charge in [0.05, 0.1) is 0 Å². The van der Waals surface area contributed by atoms with Gasteiger partial charge in [-0.2, -0.15) is 0 Å². The van der Waals surface area contributed by atoms with Gasteiger partial charge in [0.15, 0.2) is 0 Å². The highest BCUT2D eigenvalue weighted by atomic mass is 16.2. The zero-order valence-electron chi connectivity index (χ0n) is 13.9. The quantitative estimate of drug-likeness (QED) is 0.734. The molecule has 0 aliphatic heterocycles. The summed E-state index contributed by atoms with van der Waals surface area (Å²) in [5, 5.41) is 7.15. The van der Waals surface area contributed by atoms with Crippen LogP contribution in [0.5, 0.6) is 0 Å². The zero-order valence-corrected chi connectivity index (χ0v) is 13.9. The molecule has 0 fully saturated rings. The molecule has 0 saturated carbocycles. The van der Waals surface area contributed by atoms with Crippen molar-refractivity contribution in [1.29, 1.82) is 0 Å². The van der Waals surface area contributed by atoms with Crippen molar-refractivity contribution in [2.45, 2.75) is 79.6 Å². The first-order valence-electron chi connectivity index (χ1n) is 7.15. The smallest absolute Gasteiger partial charge is 0.317 e. The van der Waals surface area contributed by atoms with Crippen LogP contribution in [0.3, 0.4) is 0 Å². The van der Waals surface area contributed by atoms with Gasteiger partial charge in [-0.25, -0.2) is 9.59 Å². The van der Waals surface area contributed by atoms with Crippen molar-refractivity contribution in [1.82, 2.24) is 9.80 Å². The highest BCUT2D eigenvalue weighted by Gasteiger charge is 2.22. The molecule has 6 nitrogen and oxygen atoms in total. The fourth-order valence-electron chi connectivity index (χ4n) is 2.26. The number of hydrogen-bond acceptors (Lipinski definition) is 2. The summed E-state index contributed by atoms with van der Waals surface area (Å²) in [5.74, 6) is 0. The first-order valence-corrected chi connectivity index (χ1v) is 7.15. The molecule has 0 aromatic rings. The number of nitrogens with zero attached hydrogens (tertiary/aromatic N) is 4. The van der Waals surface area contributed by atoms with Gasteiger partial charge in [-0.15, -0.1) is 0 Å². The topological polar surface area (TPSA) is 65.3 Å². The summed E-state index contributed by atoms with van der Waals surface area (Å²) in [4.78, 5) is 27.2. The molecule has 0 rings (SSSR count). The minimum absolute atomic E-state index is 0.0165. The van der Waals surface area contributed by atoms with Gasteiger partial charge in [0, 0.05) is 24.2 Å². The second kappa shape index (κ2) is 7.97. The summed E-state index contributed by atoms with van der Waals surface area (Å²) in [6.45, 7) is 15.3. The maximum atomic E-state index is 12.0. The van der Waals surface area contributed by atoms with Crippen LogP contribution in [-0.2, 0) is 0 Å². The first kappa shape index (κ1) is 18.5. The summed E-state index contributed by atoms with van der Waals surface area (Å²) in [7, 11) is 0. The van der Waals surface area contributed by atoms with E-state index < -0.39 is 12.1 Å². The average Bonchev–Trinajstić information content (AvgIpc) is 2.23. The maximum Gasteiger partial charge on any atom is 0.362 e. The summed E-state index contributed by atoms with van der Waals surface area (Å²) >= 11 is 0. The van der Waals surface area contributed by atoms with Crippen LogP contribution >= 0.6 is 0 Å². The predicted octanol–water partition coefficient (Wildman–Crippen LogP) is 3.92. The monoisotopic (exact) mass is 284 g/mol. The molecule has 6 heteroatoms. The molecule has 4 amide bonds. The Kier molecular flexibility index (Phi) is 7.39. The van der Waals surface area contributed by atoms with Crippen LogP contribution in [0.25, 0.3) is 0 Å². The average molecular weight is 284 g/mol. The summed E-state index contributed by atoms with van der Waals surface area (Å²) in [6.07, 6.45) is 0. The van der Waals surface area contributed by atoms with Crippen molar-refractivity contribution in [3.8, 4) is 0 Å². The molecule has 0 saturated heterocycles. The van der Waals surface area contributed by atoms with Gasteiger partial charge in [0.1, 0.15) is 0 Å². The van der Waals surface area contributed by atoms with Crippen molar-refractivity contribution in [2.24, 2.45) is 10.2 Å². The van der Waals surface area contributed by atoms with Gasteiger partial charge in [-0.1, -0.05) is 10.2 Å². The minimum atomic E-state index is -0.476. The third kappa shape index (κ3) is 5.27. The largest absolute Gasteiger partial charge is 0.362 e. The lowest BCUT2D eigenvalue weighted by Crippen LogP contribution is -2.41. The van der Waals surface area contributed by atoms with Crippen LogP contribution in [0.2, 0.25) is 0 Å². The molecule has 0 aliphatic carbocycles. The molecule has 0 bridgehead atoms. The van der Waals surface area contributed by atoms with Gasteiger partial charge >= 0.3 is 12.1 Å². The van der Waals surface area contributed by atoms with Gasteiger partial charge in [-0.3, -0.25) is 0 Å². The van der Waals surface area contributed by atoms with E-state index in [1.54, 1.807) is 9.80 Å². The lowest BCUT2D eigenvalue weighted by molar-refractivity contribution is 0.165. The van der Waals surface area contributed by atoms with Gasteiger partial charge in [-0.05, 0) is 55.4 Å². The van der Waals surface area contributed by atoms with Gasteiger partial charge < -0.3 is 9.80 Å². The zero-order chi connectivity index (χ0) is 16.0. The van der Waals surface area contributed by atoms with E-state index in [1.807, 2.05) is 55.4 Å². The van der Waals surface area contributed by atoms with Crippen molar-refractivity contribution >= 4 is 12.1 Å². The van der Waals surface area contributed by atoms with Crippen LogP contribution in [0, 0.1) is 0 Å². The van der Waals surface area contributed by atoms with Gasteiger partial charge in [0.25, 0.3) is 0 Å². The minimum Gasteiger partial charge on any atom is -0.317 e. The van der Waals surface area contributed by atoms with Crippen LogP contribution < -0.4 is 0 Å². The van der Waals surface area contributed by atoms with E-state index in [0.29, 0.717) is 0 Å². The molecule has 0 N–H and O–H groups in total. The number of azo groups is 1. The molecule has 0 aliphatic rings. The Hall–Kier alpha value is -1.46. The standard InChI is InChI=1S/C14H28N4O2/c1-9(2)17(10(3)4)13(19)15-16-14(20)18(11(5)6)12(7)8/h9-12H,1-8H3. The third-order valence-corrected chi connectivity index (χ3v) is 2.89. The molecule has 20 heavy (non-hydrogen) atoms. The van der Waals surface area contributed by atoms with Crippen LogP contribution in [-0.4, -0.2) is 46.0 Å². The second-order valence-corrected chi connectivity index (χ2v) is 5.95. The summed E-state index contributed by atoms with van der Waals surface area (Å²) < 4.78 is 0. The second-order valence-electron chi connectivity index (χ2n) is 5.95. The fourth-order valence-corrected chi connectivity index (χ4v) is 2.26. The molecule has 0 aromatic carbocycles. The number of hydrogen-bond donors (Lipinski definition) is 0.